The van der Waals surface area contributed by atoms with Gasteiger partial charge >= 0.3 is 0 Å². The number of hydrogen-bond acceptors (Lipinski definition) is 4. The molecule has 0 fully saturated rings. The molecule has 1 aromatic carbocycles. The molecule has 0 unspecified atom stereocenters. The Bertz CT molecular complexity index is 653. The standard InChI is InChI=1S/C16H18N2OS2/c1-11-10-20-16(17-11)21-12(2)15(19)18-9-5-7-13-6-3-4-8-14(13)18/h3-4,6,8,10,12H,5,7,9H2,1-2H3/t12-/m1/s1. The van der Waals surface area contributed by atoms with Gasteiger partial charge in [-0.15, -0.1) is 11.3 Å². The largest absolute Gasteiger partial charge is 0.311 e. The number of hydrogen-bond donors (Lipinski definition) is 0. The van der Waals surface area contributed by atoms with Gasteiger partial charge in [0.25, 0.3) is 0 Å². The van der Waals surface area contributed by atoms with Gasteiger partial charge in [-0.2, -0.15) is 0 Å². The Morgan fingerprint density at radius 1 is 1.43 bits per heavy atom. The van der Waals surface area contributed by atoms with Gasteiger partial charge in [0.15, 0.2) is 4.34 Å². The van der Waals surface area contributed by atoms with E-state index in [1.165, 1.54) is 5.56 Å². The summed E-state index contributed by atoms with van der Waals surface area (Å²) in [6.07, 6.45) is 2.10. The molecule has 21 heavy (non-hydrogen) atoms. The SMILES string of the molecule is Cc1csc(S[C@H](C)C(=O)N2CCCc3ccccc32)n1. The first-order valence-corrected chi connectivity index (χ1v) is 8.89. The molecule has 1 aliphatic heterocycles. The summed E-state index contributed by atoms with van der Waals surface area (Å²) in [4.78, 5) is 19.1. The van der Waals surface area contributed by atoms with Gasteiger partial charge < -0.3 is 4.90 Å². The predicted octanol–water partition coefficient (Wildman–Crippen LogP) is 3.91. The number of amides is 1. The Kier molecular flexibility index (Phi) is 4.31. The van der Waals surface area contributed by atoms with E-state index in [9.17, 15) is 4.79 Å². The highest BCUT2D eigenvalue weighted by atomic mass is 32.2. The summed E-state index contributed by atoms with van der Waals surface area (Å²) in [5.74, 6) is 0.181. The number of carbonyl (C=O) groups excluding carboxylic acids is 1. The van der Waals surface area contributed by atoms with Crippen molar-refractivity contribution < 1.29 is 4.79 Å². The number of fused-ring (bicyclic) bond motifs is 1. The van der Waals surface area contributed by atoms with Crippen molar-refractivity contribution in [3.8, 4) is 0 Å². The molecule has 1 amide bonds. The molecule has 0 radical (unpaired) electrons. The fraction of sp³-hybridized carbons (Fsp3) is 0.375. The summed E-state index contributed by atoms with van der Waals surface area (Å²) in [5, 5.41) is 1.91. The van der Waals surface area contributed by atoms with E-state index in [1.807, 2.05) is 36.3 Å². The van der Waals surface area contributed by atoms with Crippen LogP contribution in [0, 0.1) is 6.92 Å². The van der Waals surface area contributed by atoms with Crippen LogP contribution in [-0.4, -0.2) is 22.7 Å². The number of nitrogens with zero attached hydrogens (tertiary/aromatic N) is 2. The average Bonchev–Trinajstić information content (AvgIpc) is 2.91. The number of aromatic nitrogens is 1. The fourth-order valence-corrected chi connectivity index (χ4v) is 4.62. The van der Waals surface area contributed by atoms with Gasteiger partial charge in [0, 0.05) is 23.3 Å². The Labute approximate surface area is 133 Å². The minimum absolute atomic E-state index is 0.110. The lowest BCUT2D eigenvalue weighted by molar-refractivity contribution is -0.117. The van der Waals surface area contributed by atoms with Gasteiger partial charge in [-0.25, -0.2) is 4.98 Å². The van der Waals surface area contributed by atoms with Crippen LogP contribution in [-0.2, 0) is 11.2 Å². The Balaban J connectivity index is 1.76. The third-order valence-electron chi connectivity index (χ3n) is 3.60. The first-order chi connectivity index (χ1) is 10.1. The van der Waals surface area contributed by atoms with Crippen molar-refractivity contribution in [2.45, 2.75) is 36.3 Å². The molecule has 1 aliphatic rings. The molecule has 2 aromatic rings. The van der Waals surface area contributed by atoms with Crippen molar-refractivity contribution >= 4 is 34.7 Å². The predicted molar refractivity (Wildman–Crippen MR) is 89.3 cm³/mol. The Hall–Kier alpha value is -1.33. The van der Waals surface area contributed by atoms with Gasteiger partial charge in [-0.1, -0.05) is 30.0 Å². The molecule has 0 saturated heterocycles. The number of rotatable bonds is 3. The Morgan fingerprint density at radius 3 is 3.00 bits per heavy atom. The third kappa shape index (κ3) is 3.14. The molecule has 0 spiro atoms. The van der Waals surface area contributed by atoms with E-state index < -0.39 is 0 Å². The molecule has 1 atom stereocenters. The topological polar surface area (TPSA) is 33.2 Å². The van der Waals surface area contributed by atoms with E-state index in [-0.39, 0.29) is 11.2 Å². The van der Waals surface area contributed by atoms with Gasteiger partial charge in [-0.05, 0) is 38.3 Å². The van der Waals surface area contributed by atoms with Crippen LogP contribution in [0.1, 0.15) is 24.6 Å². The molecule has 0 aliphatic carbocycles. The second-order valence-electron chi connectivity index (χ2n) is 5.24. The van der Waals surface area contributed by atoms with E-state index in [1.54, 1.807) is 23.1 Å². The maximum Gasteiger partial charge on any atom is 0.240 e. The van der Waals surface area contributed by atoms with Crippen LogP contribution in [0.5, 0.6) is 0 Å². The van der Waals surface area contributed by atoms with Gasteiger partial charge in [0.05, 0.1) is 5.25 Å². The lowest BCUT2D eigenvalue weighted by atomic mass is 10.0. The highest BCUT2D eigenvalue weighted by Gasteiger charge is 2.27. The summed E-state index contributed by atoms with van der Waals surface area (Å²) in [6, 6.07) is 8.23. The van der Waals surface area contributed by atoms with Gasteiger partial charge in [0.2, 0.25) is 5.91 Å². The van der Waals surface area contributed by atoms with Gasteiger partial charge in [0.1, 0.15) is 0 Å². The van der Waals surface area contributed by atoms with Gasteiger partial charge in [-0.3, -0.25) is 4.79 Å². The molecule has 0 N–H and O–H groups in total. The van der Waals surface area contributed by atoms with Crippen LogP contribution in [0.4, 0.5) is 5.69 Å². The Morgan fingerprint density at radius 2 is 2.24 bits per heavy atom. The van der Waals surface area contributed by atoms with E-state index >= 15 is 0 Å². The molecule has 5 heteroatoms. The third-order valence-corrected chi connectivity index (χ3v) is 5.78. The molecule has 2 heterocycles. The maximum absolute atomic E-state index is 12.8. The number of para-hydroxylation sites is 1. The molecule has 1 aromatic heterocycles. The van der Waals surface area contributed by atoms with Crippen molar-refractivity contribution in [2.75, 3.05) is 11.4 Å². The molecule has 3 rings (SSSR count). The minimum Gasteiger partial charge on any atom is -0.311 e. The van der Waals surface area contributed by atoms with Crippen LogP contribution < -0.4 is 4.90 Å². The lowest BCUT2D eigenvalue weighted by Gasteiger charge is -2.31. The molecule has 0 bridgehead atoms. The molecular formula is C16H18N2OS2. The van der Waals surface area contributed by atoms with E-state index in [0.29, 0.717) is 0 Å². The first kappa shape index (κ1) is 14.6. The zero-order valence-corrected chi connectivity index (χ0v) is 13.8. The van der Waals surface area contributed by atoms with Crippen molar-refractivity contribution in [2.24, 2.45) is 0 Å². The number of aryl methyl sites for hydroxylation is 2. The zero-order chi connectivity index (χ0) is 14.8. The van der Waals surface area contributed by atoms with Crippen molar-refractivity contribution in [3.05, 3.63) is 40.9 Å². The van der Waals surface area contributed by atoms with Crippen LogP contribution in [0.2, 0.25) is 0 Å². The minimum atomic E-state index is -0.110. The average molecular weight is 318 g/mol. The number of thiazole rings is 1. The fourth-order valence-electron chi connectivity index (χ4n) is 2.57. The number of thioether (sulfide) groups is 1. The maximum atomic E-state index is 12.8. The van der Waals surface area contributed by atoms with E-state index in [2.05, 4.69) is 17.1 Å². The summed E-state index contributed by atoms with van der Waals surface area (Å²) >= 11 is 3.17. The van der Waals surface area contributed by atoms with Crippen LogP contribution >= 0.6 is 23.1 Å². The second kappa shape index (κ2) is 6.20. The highest BCUT2D eigenvalue weighted by molar-refractivity contribution is 8.02. The first-order valence-electron chi connectivity index (χ1n) is 7.13. The van der Waals surface area contributed by atoms with Crippen molar-refractivity contribution in [3.63, 3.8) is 0 Å². The molecular weight excluding hydrogens is 300 g/mol. The summed E-state index contributed by atoms with van der Waals surface area (Å²) < 4.78 is 0.971. The highest BCUT2D eigenvalue weighted by Crippen LogP contribution is 2.32. The summed E-state index contributed by atoms with van der Waals surface area (Å²) in [5.41, 5.74) is 3.38. The second-order valence-corrected chi connectivity index (χ2v) is 7.68. The molecule has 0 saturated carbocycles. The van der Waals surface area contributed by atoms with E-state index in [4.69, 9.17) is 0 Å². The normalized spacial score (nSPS) is 15.6. The number of benzene rings is 1. The quantitative estimate of drug-likeness (QED) is 0.805. The van der Waals surface area contributed by atoms with Crippen molar-refractivity contribution in [1.29, 1.82) is 0 Å². The van der Waals surface area contributed by atoms with Crippen LogP contribution in [0.15, 0.2) is 34.0 Å². The van der Waals surface area contributed by atoms with Crippen LogP contribution in [0.3, 0.4) is 0 Å². The summed E-state index contributed by atoms with van der Waals surface area (Å²) in [7, 11) is 0. The lowest BCUT2D eigenvalue weighted by Crippen LogP contribution is -2.40. The smallest absolute Gasteiger partial charge is 0.240 e. The molecule has 3 nitrogen and oxygen atoms in total. The van der Waals surface area contributed by atoms with Crippen LogP contribution in [0.25, 0.3) is 0 Å². The summed E-state index contributed by atoms with van der Waals surface area (Å²) in [6.45, 7) is 4.77. The van der Waals surface area contributed by atoms with E-state index in [0.717, 1.165) is 35.1 Å². The zero-order valence-electron chi connectivity index (χ0n) is 12.2. The monoisotopic (exact) mass is 318 g/mol. The number of carbonyl (C=O) groups is 1. The number of anilines is 1. The van der Waals surface area contributed by atoms with Crippen molar-refractivity contribution in [1.82, 2.24) is 4.98 Å². The molecule has 110 valence electrons.